The van der Waals surface area contributed by atoms with Crippen molar-refractivity contribution in [2.75, 3.05) is 6.61 Å². The molecule has 7 heteroatoms. The first-order chi connectivity index (χ1) is 13.3. The van der Waals surface area contributed by atoms with Crippen LogP contribution >= 0.6 is 0 Å². The molecule has 1 aromatic carbocycles. The summed E-state index contributed by atoms with van der Waals surface area (Å²) in [4.78, 5) is 39.0. The van der Waals surface area contributed by atoms with E-state index < -0.39 is 18.6 Å². The van der Waals surface area contributed by atoms with Crippen LogP contribution in [0.2, 0.25) is 0 Å². The third-order valence-corrected chi connectivity index (χ3v) is 4.27. The van der Waals surface area contributed by atoms with Crippen LogP contribution in [0.5, 0.6) is 5.75 Å². The maximum Gasteiger partial charge on any atom is 0.341 e. The highest BCUT2D eigenvalue weighted by atomic mass is 16.5. The van der Waals surface area contributed by atoms with Crippen molar-refractivity contribution >= 4 is 17.7 Å². The van der Waals surface area contributed by atoms with Crippen molar-refractivity contribution in [1.82, 2.24) is 10.3 Å². The summed E-state index contributed by atoms with van der Waals surface area (Å²) < 4.78 is 5.09. The van der Waals surface area contributed by atoms with Gasteiger partial charge >= 0.3 is 5.97 Å². The first-order valence-electron chi connectivity index (χ1n) is 8.98. The summed E-state index contributed by atoms with van der Waals surface area (Å²) in [5.41, 5.74) is 1.85. The highest BCUT2D eigenvalue weighted by Gasteiger charge is 2.21. The van der Waals surface area contributed by atoms with E-state index in [1.807, 2.05) is 19.1 Å². The molecule has 1 heterocycles. The number of carboxylic acids is 1. The van der Waals surface area contributed by atoms with Gasteiger partial charge in [0, 0.05) is 18.3 Å². The van der Waals surface area contributed by atoms with Crippen molar-refractivity contribution in [2.24, 2.45) is 5.92 Å². The second kappa shape index (κ2) is 10.2. The second-order valence-corrected chi connectivity index (χ2v) is 6.66. The maximum atomic E-state index is 12.5. The number of hydrogen-bond donors (Lipinski definition) is 2. The fraction of sp³-hybridized carbons (Fsp3) is 0.333. The second-order valence-electron chi connectivity index (χ2n) is 6.66. The first-order valence-corrected chi connectivity index (χ1v) is 8.98. The van der Waals surface area contributed by atoms with E-state index >= 15 is 0 Å². The van der Waals surface area contributed by atoms with Crippen LogP contribution in [0.15, 0.2) is 48.8 Å². The van der Waals surface area contributed by atoms with Crippen molar-refractivity contribution in [2.45, 2.75) is 32.7 Å². The number of carboxylic acid groups (broad SMARTS) is 1. The summed E-state index contributed by atoms with van der Waals surface area (Å²) in [5.74, 6) is -1.21. The average Bonchev–Trinajstić information content (AvgIpc) is 2.67. The minimum Gasteiger partial charge on any atom is -0.482 e. The van der Waals surface area contributed by atoms with E-state index in [2.05, 4.69) is 10.3 Å². The topological polar surface area (TPSA) is 106 Å². The predicted molar refractivity (Wildman–Crippen MR) is 103 cm³/mol. The van der Waals surface area contributed by atoms with E-state index in [0.717, 1.165) is 11.1 Å². The first kappa shape index (κ1) is 21.1. The van der Waals surface area contributed by atoms with Crippen molar-refractivity contribution < 1.29 is 24.2 Å². The van der Waals surface area contributed by atoms with E-state index in [-0.39, 0.29) is 17.6 Å². The van der Waals surface area contributed by atoms with Gasteiger partial charge in [0.2, 0.25) is 5.91 Å². The number of carbonyl (C=O) groups is 3. The number of nitrogens with zero attached hydrogens (tertiary/aromatic N) is 1. The Hall–Kier alpha value is -3.22. The Kier molecular flexibility index (Phi) is 7.68. The van der Waals surface area contributed by atoms with E-state index in [1.165, 1.54) is 6.92 Å². The number of nitrogens with one attached hydrogen (secondary N) is 1. The van der Waals surface area contributed by atoms with Gasteiger partial charge in [0.15, 0.2) is 12.4 Å². The molecular formula is C21H24N2O5. The standard InChI is InChI=1S/C21H24N2O5/c1-14(11-17-7-9-22-10-8-17)21(27)23-19(15(2)24)12-16-3-5-18(6-4-16)28-13-20(25)26/h3-10,14,19H,11-13H2,1-2H3,(H,23,27)(H,25,26)/t14-,19-/m0/s1. The van der Waals surface area contributed by atoms with E-state index in [1.54, 1.807) is 36.7 Å². The number of pyridine rings is 1. The summed E-state index contributed by atoms with van der Waals surface area (Å²) >= 11 is 0. The summed E-state index contributed by atoms with van der Waals surface area (Å²) in [7, 11) is 0. The van der Waals surface area contributed by atoms with Crippen molar-refractivity contribution in [3.8, 4) is 5.75 Å². The van der Waals surface area contributed by atoms with Crippen molar-refractivity contribution in [3.63, 3.8) is 0 Å². The van der Waals surface area contributed by atoms with Crippen LogP contribution in [0, 0.1) is 5.92 Å². The molecule has 0 saturated heterocycles. The zero-order chi connectivity index (χ0) is 20.5. The highest BCUT2D eigenvalue weighted by Crippen LogP contribution is 2.14. The van der Waals surface area contributed by atoms with Crippen LogP contribution in [-0.4, -0.2) is 40.4 Å². The van der Waals surface area contributed by atoms with Crippen molar-refractivity contribution in [3.05, 3.63) is 59.9 Å². The Morgan fingerprint density at radius 2 is 1.64 bits per heavy atom. The molecule has 0 fully saturated rings. The van der Waals surface area contributed by atoms with Crippen LogP contribution in [0.3, 0.4) is 0 Å². The van der Waals surface area contributed by atoms with E-state index in [9.17, 15) is 14.4 Å². The number of ketones is 1. The number of amides is 1. The van der Waals surface area contributed by atoms with Crippen LogP contribution in [0.1, 0.15) is 25.0 Å². The van der Waals surface area contributed by atoms with Crippen molar-refractivity contribution in [1.29, 1.82) is 0 Å². The SMILES string of the molecule is CC(=O)[C@H](Cc1ccc(OCC(=O)O)cc1)NC(=O)[C@@H](C)Cc1ccncc1. The van der Waals surface area contributed by atoms with Gasteiger partial charge in [0.25, 0.3) is 0 Å². The smallest absolute Gasteiger partial charge is 0.341 e. The van der Waals surface area contributed by atoms with Crippen LogP contribution < -0.4 is 10.1 Å². The van der Waals surface area contributed by atoms with Crippen LogP contribution in [0.25, 0.3) is 0 Å². The predicted octanol–water partition coefficient (Wildman–Crippen LogP) is 2.04. The molecule has 2 aromatic rings. The molecule has 1 aromatic heterocycles. The molecule has 0 aliphatic rings. The zero-order valence-corrected chi connectivity index (χ0v) is 15.9. The lowest BCUT2D eigenvalue weighted by atomic mass is 9.98. The summed E-state index contributed by atoms with van der Waals surface area (Å²) in [6.45, 7) is 2.85. The van der Waals surface area contributed by atoms with Gasteiger partial charge in [-0.1, -0.05) is 19.1 Å². The van der Waals surface area contributed by atoms with Gasteiger partial charge in [-0.3, -0.25) is 14.6 Å². The van der Waals surface area contributed by atoms with Gasteiger partial charge in [-0.05, 0) is 55.2 Å². The van der Waals surface area contributed by atoms with Gasteiger partial charge in [-0.2, -0.15) is 0 Å². The molecule has 1 amide bonds. The Morgan fingerprint density at radius 3 is 2.21 bits per heavy atom. The van der Waals surface area contributed by atoms with Gasteiger partial charge in [-0.15, -0.1) is 0 Å². The largest absolute Gasteiger partial charge is 0.482 e. The molecule has 2 N–H and O–H groups in total. The lowest BCUT2D eigenvalue weighted by Crippen LogP contribution is -2.44. The number of rotatable bonds is 10. The Bertz CT molecular complexity index is 805. The Morgan fingerprint density at radius 1 is 1.04 bits per heavy atom. The monoisotopic (exact) mass is 384 g/mol. The van der Waals surface area contributed by atoms with Gasteiger partial charge in [0.1, 0.15) is 5.75 Å². The molecule has 7 nitrogen and oxygen atoms in total. The van der Waals surface area contributed by atoms with E-state index in [0.29, 0.717) is 18.6 Å². The fourth-order valence-corrected chi connectivity index (χ4v) is 2.68. The summed E-state index contributed by atoms with van der Waals surface area (Å²) in [5, 5.41) is 11.5. The fourth-order valence-electron chi connectivity index (χ4n) is 2.68. The lowest BCUT2D eigenvalue weighted by Gasteiger charge is -2.19. The molecule has 2 atom stereocenters. The normalized spacial score (nSPS) is 12.6. The van der Waals surface area contributed by atoms with Gasteiger partial charge in [-0.25, -0.2) is 4.79 Å². The van der Waals surface area contributed by atoms with Gasteiger partial charge < -0.3 is 15.2 Å². The third kappa shape index (κ3) is 6.83. The minimum absolute atomic E-state index is 0.129. The molecule has 28 heavy (non-hydrogen) atoms. The number of aliphatic carboxylic acids is 1. The zero-order valence-electron chi connectivity index (χ0n) is 15.9. The molecule has 0 aliphatic carbocycles. The Labute approximate surface area is 163 Å². The minimum atomic E-state index is -1.05. The quantitative estimate of drug-likeness (QED) is 0.649. The molecular weight excluding hydrogens is 360 g/mol. The number of aromatic nitrogens is 1. The molecule has 0 spiro atoms. The lowest BCUT2D eigenvalue weighted by molar-refractivity contribution is -0.139. The number of hydrogen-bond acceptors (Lipinski definition) is 5. The molecule has 0 unspecified atom stereocenters. The molecule has 0 bridgehead atoms. The molecule has 148 valence electrons. The summed E-state index contributed by atoms with van der Waals surface area (Å²) in [6.07, 6.45) is 4.28. The number of ether oxygens (including phenoxy) is 1. The van der Waals surface area contributed by atoms with Crippen LogP contribution in [0.4, 0.5) is 0 Å². The Balaban J connectivity index is 1.94. The molecule has 0 radical (unpaired) electrons. The number of benzene rings is 1. The number of carbonyl (C=O) groups excluding carboxylic acids is 2. The average molecular weight is 384 g/mol. The van der Waals surface area contributed by atoms with Gasteiger partial charge in [0.05, 0.1) is 6.04 Å². The van der Waals surface area contributed by atoms with Crippen LogP contribution in [-0.2, 0) is 27.2 Å². The molecule has 0 saturated carbocycles. The highest BCUT2D eigenvalue weighted by molar-refractivity contribution is 5.88. The van der Waals surface area contributed by atoms with E-state index in [4.69, 9.17) is 9.84 Å². The third-order valence-electron chi connectivity index (χ3n) is 4.27. The maximum absolute atomic E-state index is 12.5. The number of Topliss-reactive ketones (excluding diaryl/α,β-unsaturated/α-hetero) is 1. The molecule has 2 rings (SSSR count). The summed E-state index contributed by atoms with van der Waals surface area (Å²) in [6, 6.07) is 9.88. The molecule has 0 aliphatic heterocycles.